The minimum atomic E-state index is -0.657. The molecule has 0 heterocycles. The van der Waals surface area contributed by atoms with Gasteiger partial charge in [-0.15, -0.1) is 0 Å². The van der Waals surface area contributed by atoms with Crippen molar-refractivity contribution in [3.8, 4) is 0 Å². The molecule has 0 amide bonds. The molecule has 0 saturated heterocycles. The summed E-state index contributed by atoms with van der Waals surface area (Å²) in [5, 5.41) is 8.58. The third kappa shape index (κ3) is 24.7. The molecule has 0 atom stereocenters. The number of aliphatic carboxylic acids is 1. The van der Waals surface area contributed by atoms with E-state index in [2.05, 4.69) is 43.4 Å². The maximum atomic E-state index is 10.4. The molecule has 1 N–H and O–H groups in total. The molecular formula is C26H46O2. The average Bonchev–Trinajstić information content (AvgIpc) is 2.68. The monoisotopic (exact) mass is 390 g/mol. The number of carboxylic acid groups (broad SMARTS) is 1. The summed E-state index contributed by atoms with van der Waals surface area (Å²) >= 11 is 0. The Labute approximate surface area is 175 Å². The van der Waals surface area contributed by atoms with Gasteiger partial charge in [0.15, 0.2) is 0 Å². The zero-order chi connectivity index (χ0) is 20.5. The van der Waals surface area contributed by atoms with Crippen LogP contribution in [0.5, 0.6) is 0 Å². The predicted octanol–water partition coefficient (Wildman–Crippen LogP) is 8.78. The second-order valence-electron chi connectivity index (χ2n) is 7.82. The Hall–Kier alpha value is -1.31. The van der Waals surface area contributed by atoms with E-state index in [1.165, 1.54) is 77.0 Å². The van der Waals surface area contributed by atoms with Gasteiger partial charge in [0.1, 0.15) is 0 Å². The van der Waals surface area contributed by atoms with Crippen LogP contribution in [0, 0.1) is 0 Å². The van der Waals surface area contributed by atoms with Gasteiger partial charge >= 0.3 is 5.97 Å². The molecule has 0 saturated carbocycles. The van der Waals surface area contributed by atoms with Gasteiger partial charge < -0.3 is 5.11 Å². The fourth-order valence-corrected chi connectivity index (χ4v) is 3.31. The molecule has 0 fully saturated rings. The van der Waals surface area contributed by atoms with E-state index in [1.54, 1.807) is 0 Å². The topological polar surface area (TPSA) is 37.3 Å². The van der Waals surface area contributed by atoms with E-state index in [-0.39, 0.29) is 0 Å². The van der Waals surface area contributed by atoms with Crippen LogP contribution in [0.1, 0.15) is 122 Å². The SMILES string of the molecule is CCC=CCC=CCC=CCCCCCCCCCCCCCCCC(=O)O. The number of carboxylic acids is 1. The lowest BCUT2D eigenvalue weighted by Crippen LogP contribution is -1.93. The van der Waals surface area contributed by atoms with Crippen molar-refractivity contribution >= 4 is 5.97 Å². The zero-order valence-electron chi connectivity index (χ0n) is 18.5. The van der Waals surface area contributed by atoms with Gasteiger partial charge in [0.05, 0.1) is 0 Å². The average molecular weight is 391 g/mol. The van der Waals surface area contributed by atoms with E-state index in [0.717, 1.165) is 32.1 Å². The standard InChI is InChI=1S/C26H46O2/c1-2-3-4-5-6-7-8-9-10-11-12-13-14-15-16-17-18-19-20-21-22-23-24-25-26(27)28/h3-4,6-7,9-10H,2,5,8,11-25H2,1H3,(H,27,28). The fraction of sp³-hybridized carbons (Fsp3) is 0.731. The second kappa shape index (κ2) is 23.7. The first kappa shape index (κ1) is 26.7. The highest BCUT2D eigenvalue weighted by atomic mass is 16.4. The van der Waals surface area contributed by atoms with Crippen molar-refractivity contribution in [2.24, 2.45) is 0 Å². The van der Waals surface area contributed by atoms with Gasteiger partial charge in [-0.1, -0.05) is 114 Å². The van der Waals surface area contributed by atoms with E-state index < -0.39 is 5.97 Å². The molecule has 0 unspecified atom stereocenters. The van der Waals surface area contributed by atoms with Crippen molar-refractivity contribution in [1.29, 1.82) is 0 Å². The molecular weight excluding hydrogens is 344 g/mol. The Morgan fingerprint density at radius 2 is 0.964 bits per heavy atom. The molecule has 0 aromatic rings. The van der Waals surface area contributed by atoms with E-state index >= 15 is 0 Å². The van der Waals surface area contributed by atoms with E-state index in [9.17, 15) is 4.79 Å². The van der Waals surface area contributed by atoms with Gasteiger partial charge in [-0.2, -0.15) is 0 Å². The van der Waals surface area contributed by atoms with Crippen LogP contribution >= 0.6 is 0 Å². The molecule has 0 aromatic carbocycles. The Bertz CT molecular complexity index is 407. The maximum Gasteiger partial charge on any atom is 0.303 e. The zero-order valence-corrected chi connectivity index (χ0v) is 18.5. The summed E-state index contributed by atoms with van der Waals surface area (Å²) in [6, 6.07) is 0. The van der Waals surface area contributed by atoms with Crippen molar-refractivity contribution < 1.29 is 9.90 Å². The lowest BCUT2D eigenvalue weighted by atomic mass is 10.0. The largest absolute Gasteiger partial charge is 0.481 e. The molecule has 2 nitrogen and oxygen atoms in total. The van der Waals surface area contributed by atoms with Gasteiger partial charge in [-0.3, -0.25) is 4.79 Å². The lowest BCUT2D eigenvalue weighted by molar-refractivity contribution is -0.137. The maximum absolute atomic E-state index is 10.4. The van der Waals surface area contributed by atoms with Crippen LogP contribution < -0.4 is 0 Å². The van der Waals surface area contributed by atoms with Crippen LogP contribution in [-0.4, -0.2) is 11.1 Å². The molecule has 2 heteroatoms. The Morgan fingerprint density at radius 3 is 1.43 bits per heavy atom. The number of hydrogen-bond donors (Lipinski definition) is 1. The molecule has 28 heavy (non-hydrogen) atoms. The van der Waals surface area contributed by atoms with Gasteiger partial charge in [-0.25, -0.2) is 0 Å². The van der Waals surface area contributed by atoms with Crippen molar-refractivity contribution in [3.05, 3.63) is 36.5 Å². The van der Waals surface area contributed by atoms with Crippen LogP contribution in [0.4, 0.5) is 0 Å². The smallest absolute Gasteiger partial charge is 0.303 e. The quantitative estimate of drug-likeness (QED) is 0.157. The van der Waals surface area contributed by atoms with Crippen molar-refractivity contribution in [3.63, 3.8) is 0 Å². The first-order chi connectivity index (χ1) is 13.8. The van der Waals surface area contributed by atoms with Crippen LogP contribution in [0.15, 0.2) is 36.5 Å². The van der Waals surface area contributed by atoms with E-state index in [4.69, 9.17) is 5.11 Å². The number of hydrogen-bond acceptors (Lipinski definition) is 1. The number of rotatable bonds is 21. The summed E-state index contributed by atoms with van der Waals surface area (Å²) in [6.45, 7) is 2.17. The first-order valence-corrected chi connectivity index (χ1v) is 11.9. The van der Waals surface area contributed by atoms with Gasteiger partial charge in [0.25, 0.3) is 0 Å². The van der Waals surface area contributed by atoms with Gasteiger partial charge in [0.2, 0.25) is 0 Å². The predicted molar refractivity (Wildman–Crippen MR) is 124 cm³/mol. The summed E-state index contributed by atoms with van der Waals surface area (Å²) < 4.78 is 0. The molecule has 162 valence electrons. The molecule has 0 aliphatic rings. The Kier molecular flexibility index (Phi) is 22.6. The molecule has 0 rings (SSSR count). The van der Waals surface area contributed by atoms with Crippen LogP contribution in [-0.2, 0) is 4.79 Å². The minimum Gasteiger partial charge on any atom is -0.481 e. The van der Waals surface area contributed by atoms with Gasteiger partial charge in [0, 0.05) is 6.42 Å². The summed E-state index contributed by atoms with van der Waals surface area (Å²) in [4.78, 5) is 10.4. The second-order valence-corrected chi connectivity index (χ2v) is 7.82. The lowest BCUT2D eigenvalue weighted by Gasteiger charge is -2.03. The highest BCUT2D eigenvalue weighted by Crippen LogP contribution is 2.13. The highest BCUT2D eigenvalue weighted by molar-refractivity contribution is 5.66. The van der Waals surface area contributed by atoms with Crippen LogP contribution in [0.3, 0.4) is 0 Å². The molecule has 0 aliphatic carbocycles. The van der Waals surface area contributed by atoms with Crippen molar-refractivity contribution in [1.82, 2.24) is 0 Å². The van der Waals surface area contributed by atoms with Crippen LogP contribution in [0.25, 0.3) is 0 Å². The van der Waals surface area contributed by atoms with E-state index in [0.29, 0.717) is 6.42 Å². The third-order valence-electron chi connectivity index (χ3n) is 5.04. The number of unbranched alkanes of at least 4 members (excludes halogenated alkanes) is 13. The van der Waals surface area contributed by atoms with E-state index in [1.807, 2.05) is 0 Å². The molecule has 0 bridgehead atoms. The molecule has 0 spiro atoms. The number of carbonyl (C=O) groups is 1. The first-order valence-electron chi connectivity index (χ1n) is 11.9. The fourth-order valence-electron chi connectivity index (χ4n) is 3.31. The molecule has 0 radical (unpaired) electrons. The minimum absolute atomic E-state index is 0.338. The normalized spacial score (nSPS) is 12.0. The Morgan fingerprint density at radius 1 is 0.571 bits per heavy atom. The van der Waals surface area contributed by atoms with Gasteiger partial charge in [-0.05, 0) is 38.5 Å². The van der Waals surface area contributed by atoms with Crippen molar-refractivity contribution in [2.75, 3.05) is 0 Å². The summed E-state index contributed by atoms with van der Waals surface area (Å²) in [5.74, 6) is -0.657. The Balaban J connectivity index is 3.14. The summed E-state index contributed by atoms with van der Waals surface area (Å²) in [7, 11) is 0. The summed E-state index contributed by atoms with van der Waals surface area (Å²) in [6.07, 6.45) is 35.2. The summed E-state index contributed by atoms with van der Waals surface area (Å²) in [5.41, 5.74) is 0. The van der Waals surface area contributed by atoms with Crippen LogP contribution in [0.2, 0.25) is 0 Å². The molecule has 0 aromatic heterocycles. The van der Waals surface area contributed by atoms with Crippen molar-refractivity contribution in [2.45, 2.75) is 122 Å². The highest BCUT2D eigenvalue weighted by Gasteiger charge is 1.97. The number of allylic oxidation sites excluding steroid dienone is 6. The molecule has 0 aliphatic heterocycles. The third-order valence-corrected chi connectivity index (χ3v) is 5.04.